The Hall–Kier alpha value is -2.58. The first-order valence-corrected chi connectivity index (χ1v) is 9.87. The normalized spacial score (nSPS) is 12.6. The Morgan fingerprint density at radius 2 is 1.67 bits per heavy atom. The average Bonchev–Trinajstić information content (AvgIpc) is 2.61. The number of carboxylic acids is 1. The summed E-state index contributed by atoms with van der Waals surface area (Å²) < 4.78 is 38.1. The topological polar surface area (TPSA) is 102 Å². The highest BCUT2D eigenvalue weighted by atomic mass is 32.2. The number of carbonyl (C=O) groups is 1. The number of methoxy groups -OCH3 is 1. The van der Waals surface area contributed by atoms with Crippen LogP contribution in [-0.4, -0.2) is 32.6 Å². The number of hydrogen-bond donors (Lipinski definition) is 2. The molecule has 2 aromatic carbocycles. The number of rotatable bonds is 9. The molecule has 0 aromatic heterocycles. The summed E-state index contributed by atoms with van der Waals surface area (Å²) >= 11 is 0. The van der Waals surface area contributed by atoms with Crippen molar-refractivity contribution in [3.8, 4) is 17.2 Å². The lowest BCUT2D eigenvalue weighted by atomic mass is 10.1. The largest absolute Gasteiger partial charge is 0.493 e. The fraction of sp³-hybridized carbons (Fsp3) is 0.316. The lowest BCUT2D eigenvalue weighted by Crippen LogP contribution is -2.41. The van der Waals surface area contributed by atoms with Gasteiger partial charge in [-0.2, -0.15) is 4.72 Å². The Morgan fingerprint density at radius 1 is 1.07 bits per heavy atom. The van der Waals surface area contributed by atoms with Crippen molar-refractivity contribution in [3.05, 3.63) is 48.5 Å². The Kier molecular flexibility index (Phi) is 6.81. The van der Waals surface area contributed by atoms with Gasteiger partial charge in [-0.25, -0.2) is 8.42 Å². The molecule has 0 saturated heterocycles. The molecule has 0 radical (unpaired) electrons. The summed E-state index contributed by atoms with van der Waals surface area (Å²) in [7, 11) is -2.44. The van der Waals surface area contributed by atoms with Crippen LogP contribution in [0.2, 0.25) is 0 Å². The third-order valence-electron chi connectivity index (χ3n) is 3.73. The molecule has 0 unspecified atom stereocenters. The molecule has 2 aromatic rings. The molecule has 2 rings (SSSR count). The van der Waals surface area contributed by atoms with E-state index in [9.17, 15) is 18.3 Å². The van der Waals surface area contributed by atoms with E-state index in [4.69, 9.17) is 9.47 Å². The minimum absolute atomic E-state index is 0.0328. The van der Waals surface area contributed by atoms with Crippen LogP contribution in [-0.2, 0) is 14.8 Å². The second-order valence-electron chi connectivity index (χ2n) is 6.37. The van der Waals surface area contributed by atoms with Crippen molar-refractivity contribution in [2.24, 2.45) is 5.92 Å². The van der Waals surface area contributed by atoms with Gasteiger partial charge in [0.15, 0.2) is 11.5 Å². The van der Waals surface area contributed by atoms with E-state index in [2.05, 4.69) is 4.72 Å². The van der Waals surface area contributed by atoms with E-state index >= 15 is 0 Å². The molecule has 0 saturated carbocycles. The second-order valence-corrected chi connectivity index (χ2v) is 8.08. The summed E-state index contributed by atoms with van der Waals surface area (Å²) in [6, 6.07) is 11.6. The quantitative estimate of drug-likeness (QED) is 0.678. The van der Waals surface area contributed by atoms with Gasteiger partial charge >= 0.3 is 5.97 Å². The maximum absolute atomic E-state index is 12.5. The monoisotopic (exact) mass is 393 g/mol. The number of para-hydroxylation sites is 2. The van der Waals surface area contributed by atoms with Crippen LogP contribution in [0.25, 0.3) is 0 Å². The molecule has 0 spiro atoms. The summed E-state index contributed by atoms with van der Waals surface area (Å²) in [5.41, 5.74) is 0. The van der Waals surface area contributed by atoms with Gasteiger partial charge in [0.25, 0.3) is 0 Å². The molecule has 8 heteroatoms. The van der Waals surface area contributed by atoms with Gasteiger partial charge in [-0.05, 0) is 48.7 Å². The summed E-state index contributed by atoms with van der Waals surface area (Å²) in [5, 5.41) is 9.23. The van der Waals surface area contributed by atoms with E-state index in [1.54, 1.807) is 18.2 Å². The molecule has 27 heavy (non-hydrogen) atoms. The number of hydrogen-bond acceptors (Lipinski definition) is 5. The van der Waals surface area contributed by atoms with Crippen molar-refractivity contribution in [2.45, 2.75) is 31.2 Å². The number of sulfonamides is 1. The van der Waals surface area contributed by atoms with Gasteiger partial charge in [0, 0.05) is 0 Å². The standard InChI is InChI=1S/C19H23NO6S/c1-13(2)12-16(19(21)22)20-27(23,24)15-10-8-14(9-11-15)26-18-7-5-4-6-17(18)25-3/h4-11,13,16,20H,12H2,1-3H3,(H,21,22)/t16-/m0/s1. The van der Waals surface area contributed by atoms with Crippen LogP contribution >= 0.6 is 0 Å². The molecule has 2 N–H and O–H groups in total. The third kappa shape index (κ3) is 5.70. The van der Waals surface area contributed by atoms with Crippen LogP contribution in [0.1, 0.15) is 20.3 Å². The molecule has 0 aliphatic rings. The van der Waals surface area contributed by atoms with E-state index in [1.807, 2.05) is 19.9 Å². The lowest BCUT2D eigenvalue weighted by molar-refractivity contribution is -0.139. The molecule has 146 valence electrons. The number of carboxylic acid groups (broad SMARTS) is 1. The Labute approximate surface area is 159 Å². The van der Waals surface area contributed by atoms with E-state index in [1.165, 1.54) is 31.4 Å². The first-order chi connectivity index (χ1) is 12.7. The van der Waals surface area contributed by atoms with E-state index in [0.29, 0.717) is 17.2 Å². The third-order valence-corrected chi connectivity index (χ3v) is 5.22. The van der Waals surface area contributed by atoms with Crippen LogP contribution in [0.15, 0.2) is 53.4 Å². The molecule has 0 amide bonds. The van der Waals surface area contributed by atoms with Crippen molar-refractivity contribution in [3.63, 3.8) is 0 Å². The highest BCUT2D eigenvalue weighted by Gasteiger charge is 2.26. The molecule has 0 aliphatic carbocycles. The van der Waals surface area contributed by atoms with Crippen LogP contribution in [0.5, 0.6) is 17.2 Å². The Balaban J connectivity index is 2.16. The summed E-state index contributed by atoms with van der Waals surface area (Å²) in [6.07, 6.45) is 0.198. The second kappa shape index (κ2) is 8.88. The number of benzene rings is 2. The van der Waals surface area contributed by atoms with Crippen LogP contribution in [0.4, 0.5) is 0 Å². The average molecular weight is 393 g/mol. The zero-order valence-electron chi connectivity index (χ0n) is 15.4. The minimum atomic E-state index is -3.96. The van der Waals surface area contributed by atoms with Gasteiger partial charge in [-0.1, -0.05) is 26.0 Å². The Bertz CT molecular complexity index is 877. The Morgan fingerprint density at radius 3 is 2.19 bits per heavy atom. The zero-order chi connectivity index (χ0) is 20.0. The smallest absolute Gasteiger partial charge is 0.321 e. The molecule has 0 heterocycles. The first-order valence-electron chi connectivity index (χ1n) is 8.39. The van der Waals surface area contributed by atoms with Crippen LogP contribution < -0.4 is 14.2 Å². The maximum atomic E-state index is 12.5. The van der Waals surface area contributed by atoms with Crippen molar-refractivity contribution >= 4 is 16.0 Å². The predicted octanol–water partition coefficient (Wildman–Crippen LogP) is 3.27. The summed E-state index contributed by atoms with van der Waals surface area (Å²) in [5.74, 6) is 0.301. The lowest BCUT2D eigenvalue weighted by Gasteiger charge is -2.17. The molecule has 1 atom stereocenters. The number of nitrogens with one attached hydrogen (secondary N) is 1. The van der Waals surface area contributed by atoms with E-state index < -0.39 is 22.0 Å². The van der Waals surface area contributed by atoms with Gasteiger partial charge in [-0.15, -0.1) is 0 Å². The number of ether oxygens (including phenoxy) is 2. The van der Waals surface area contributed by atoms with Crippen LogP contribution in [0, 0.1) is 5.92 Å². The van der Waals surface area contributed by atoms with Gasteiger partial charge in [-0.3, -0.25) is 4.79 Å². The molecule has 0 fully saturated rings. The molecule has 0 aliphatic heterocycles. The van der Waals surface area contributed by atoms with E-state index in [-0.39, 0.29) is 17.2 Å². The predicted molar refractivity (Wildman–Crippen MR) is 101 cm³/mol. The number of aliphatic carboxylic acids is 1. The van der Waals surface area contributed by atoms with Crippen molar-refractivity contribution in [1.82, 2.24) is 4.72 Å². The van der Waals surface area contributed by atoms with Crippen LogP contribution in [0.3, 0.4) is 0 Å². The summed E-state index contributed by atoms with van der Waals surface area (Å²) in [4.78, 5) is 11.3. The SMILES string of the molecule is COc1ccccc1Oc1ccc(S(=O)(=O)N[C@@H](CC(C)C)C(=O)O)cc1. The molecule has 7 nitrogen and oxygen atoms in total. The fourth-order valence-electron chi connectivity index (χ4n) is 2.44. The fourth-order valence-corrected chi connectivity index (χ4v) is 3.65. The zero-order valence-corrected chi connectivity index (χ0v) is 16.2. The van der Waals surface area contributed by atoms with Gasteiger partial charge in [0.2, 0.25) is 10.0 Å². The van der Waals surface area contributed by atoms with Gasteiger partial charge in [0.05, 0.1) is 12.0 Å². The molecular weight excluding hydrogens is 370 g/mol. The van der Waals surface area contributed by atoms with Gasteiger partial charge < -0.3 is 14.6 Å². The highest BCUT2D eigenvalue weighted by Crippen LogP contribution is 2.31. The van der Waals surface area contributed by atoms with E-state index in [0.717, 1.165) is 0 Å². The molecular formula is C19H23NO6S. The first kappa shape index (κ1) is 20.7. The maximum Gasteiger partial charge on any atom is 0.321 e. The van der Waals surface area contributed by atoms with Gasteiger partial charge in [0.1, 0.15) is 11.8 Å². The molecule has 0 bridgehead atoms. The van der Waals surface area contributed by atoms with Crippen molar-refractivity contribution in [1.29, 1.82) is 0 Å². The van der Waals surface area contributed by atoms with Crippen molar-refractivity contribution < 1.29 is 27.8 Å². The minimum Gasteiger partial charge on any atom is -0.493 e. The summed E-state index contributed by atoms with van der Waals surface area (Å²) in [6.45, 7) is 3.66. The van der Waals surface area contributed by atoms with Crippen molar-refractivity contribution in [2.75, 3.05) is 7.11 Å². The highest BCUT2D eigenvalue weighted by molar-refractivity contribution is 7.89.